The fraction of sp³-hybridized carbons (Fsp3) is 0.214. The number of hydrogen-bond donors (Lipinski definition) is 2. The number of nitrogens with two attached hydrogens (primary N) is 1. The van der Waals surface area contributed by atoms with Crippen molar-refractivity contribution in [3.05, 3.63) is 57.8 Å². The van der Waals surface area contributed by atoms with Gasteiger partial charge in [-0.3, -0.25) is 10.1 Å². The first-order chi connectivity index (χ1) is 10.1. The third-order valence-electron chi connectivity index (χ3n) is 2.96. The first-order valence-electron chi connectivity index (χ1n) is 6.46. The van der Waals surface area contributed by atoms with Crippen LogP contribution in [0, 0.1) is 10.1 Å². The van der Waals surface area contributed by atoms with E-state index in [-0.39, 0.29) is 18.0 Å². The molecule has 1 aromatic heterocycles. The van der Waals surface area contributed by atoms with Crippen molar-refractivity contribution in [1.82, 2.24) is 4.98 Å². The molecule has 110 valence electrons. The van der Waals surface area contributed by atoms with Gasteiger partial charge in [0.1, 0.15) is 12.4 Å². The van der Waals surface area contributed by atoms with Crippen LogP contribution in [0.4, 0.5) is 11.5 Å². The predicted octanol–water partition coefficient (Wildman–Crippen LogP) is 2.42. The molecule has 0 spiro atoms. The Labute approximate surface area is 121 Å². The highest BCUT2D eigenvalue weighted by Crippen LogP contribution is 2.28. The van der Waals surface area contributed by atoms with E-state index in [0.29, 0.717) is 11.5 Å². The third-order valence-corrected chi connectivity index (χ3v) is 2.96. The largest absolute Gasteiger partial charge is 0.480 e. The number of nitro benzene ring substituents is 1. The second-order valence-corrected chi connectivity index (χ2v) is 4.36. The van der Waals surface area contributed by atoms with Crippen molar-refractivity contribution in [1.29, 1.82) is 0 Å². The molecule has 2 rings (SSSR count). The number of hydrazine groups is 1. The predicted molar refractivity (Wildman–Crippen MR) is 78.9 cm³/mol. The molecule has 0 bridgehead atoms. The number of nitro groups is 1. The number of pyridine rings is 1. The number of nitrogen functional groups attached to an aromatic ring is 1. The van der Waals surface area contributed by atoms with Crippen LogP contribution in [-0.2, 0) is 13.0 Å². The molecule has 21 heavy (non-hydrogen) atoms. The Morgan fingerprint density at radius 2 is 2.19 bits per heavy atom. The highest BCUT2D eigenvalue weighted by atomic mass is 16.6. The molecule has 1 heterocycles. The Kier molecular flexibility index (Phi) is 4.68. The molecule has 2 aromatic rings. The highest BCUT2D eigenvalue weighted by Gasteiger charge is 2.15. The van der Waals surface area contributed by atoms with E-state index >= 15 is 0 Å². The number of ether oxygens (including phenoxy) is 1. The number of anilines is 1. The fourth-order valence-electron chi connectivity index (χ4n) is 1.84. The van der Waals surface area contributed by atoms with Crippen LogP contribution in [-0.4, -0.2) is 9.91 Å². The van der Waals surface area contributed by atoms with Crippen molar-refractivity contribution in [2.24, 2.45) is 5.84 Å². The van der Waals surface area contributed by atoms with Gasteiger partial charge in [0.15, 0.2) is 5.75 Å². The quantitative estimate of drug-likeness (QED) is 0.480. The molecular formula is C14H16N4O3. The lowest BCUT2D eigenvalue weighted by Gasteiger charge is -2.08. The second kappa shape index (κ2) is 6.67. The molecule has 0 amide bonds. The van der Waals surface area contributed by atoms with Crippen LogP contribution in [0.2, 0.25) is 0 Å². The maximum Gasteiger partial charge on any atom is 0.311 e. The van der Waals surface area contributed by atoms with Crippen molar-refractivity contribution in [2.45, 2.75) is 20.0 Å². The van der Waals surface area contributed by atoms with Crippen LogP contribution in [0.25, 0.3) is 0 Å². The standard InChI is InChI=1S/C14H16N4O3/c1-2-10-6-7-13(12(8-10)18(19)20)21-9-11-4-3-5-14(16-11)17-15/h3-8H,2,9,15H2,1H3,(H,16,17). The summed E-state index contributed by atoms with van der Waals surface area (Å²) in [6.07, 6.45) is 0.729. The summed E-state index contributed by atoms with van der Waals surface area (Å²) in [7, 11) is 0. The lowest BCUT2D eigenvalue weighted by atomic mass is 10.1. The summed E-state index contributed by atoms with van der Waals surface area (Å²) in [4.78, 5) is 14.8. The average molecular weight is 288 g/mol. The number of nitrogens with zero attached hydrogens (tertiary/aromatic N) is 2. The number of aryl methyl sites for hydroxylation is 1. The first-order valence-corrected chi connectivity index (χ1v) is 6.46. The van der Waals surface area contributed by atoms with Gasteiger partial charge >= 0.3 is 5.69 Å². The van der Waals surface area contributed by atoms with E-state index in [9.17, 15) is 10.1 Å². The van der Waals surface area contributed by atoms with E-state index in [2.05, 4.69) is 10.4 Å². The van der Waals surface area contributed by atoms with E-state index in [1.807, 2.05) is 13.0 Å². The topological polar surface area (TPSA) is 103 Å². The van der Waals surface area contributed by atoms with Crippen LogP contribution in [0.15, 0.2) is 36.4 Å². The molecule has 0 fully saturated rings. The molecule has 1 aromatic carbocycles. The Hall–Kier alpha value is -2.67. The summed E-state index contributed by atoms with van der Waals surface area (Å²) < 4.78 is 5.51. The highest BCUT2D eigenvalue weighted by molar-refractivity contribution is 5.48. The fourth-order valence-corrected chi connectivity index (χ4v) is 1.84. The molecule has 0 unspecified atom stereocenters. The van der Waals surface area contributed by atoms with Crippen LogP contribution in [0.3, 0.4) is 0 Å². The Bertz CT molecular complexity index is 646. The van der Waals surface area contributed by atoms with Gasteiger partial charge in [0, 0.05) is 6.07 Å². The number of benzene rings is 1. The van der Waals surface area contributed by atoms with E-state index < -0.39 is 4.92 Å². The minimum absolute atomic E-state index is 0.0394. The zero-order chi connectivity index (χ0) is 15.2. The monoisotopic (exact) mass is 288 g/mol. The van der Waals surface area contributed by atoms with Crippen LogP contribution in [0.1, 0.15) is 18.2 Å². The number of hydrogen-bond acceptors (Lipinski definition) is 6. The van der Waals surface area contributed by atoms with E-state index in [4.69, 9.17) is 10.6 Å². The van der Waals surface area contributed by atoms with E-state index in [1.165, 1.54) is 6.07 Å². The van der Waals surface area contributed by atoms with Gasteiger partial charge in [-0.1, -0.05) is 19.1 Å². The zero-order valence-corrected chi connectivity index (χ0v) is 11.6. The van der Waals surface area contributed by atoms with Gasteiger partial charge in [-0.05, 0) is 30.2 Å². The lowest BCUT2D eigenvalue weighted by Crippen LogP contribution is -2.10. The zero-order valence-electron chi connectivity index (χ0n) is 11.6. The summed E-state index contributed by atoms with van der Waals surface area (Å²) in [5.41, 5.74) is 3.91. The molecule has 0 atom stereocenters. The first kappa shape index (κ1) is 14.7. The molecule has 0 aliphatic rings. The summed E-state index contributed by atoms with van der Waals surface area (Å²) in [5.74, 6) is 6.01. The van der Waals surface area contributed by atoms with Crippen LogP contribution < -0.4 is 16.0 Å². The maximum atomic E-state index is 11.1. The molecule has 0 saturated carbocycles. The van der Waals surface area contributed by atoms with Crippen molar-refractivity contribution < 1.29 is 9.66 Å². The van der Waals surface area contributed by atoms with Crippen molar-refractivity contribution >= 4 is 11.5 Å². The Morgan fingerprint density at radius 1 is 1.38 bits per heavy atom. The minimum Gasteiger partial charge on any atom is -0.480 e. The average Bonchev–Trinajstić information content (AvgIpc) is 2.52. The van der Waals surface area contributed by atoms with Crippen molar-refractivity contribution in [3.8, 4) is 5.75 Å². The van der Waals surface area contributed by atoms with E-state index in [0.717, 1.165) is 12.0 Å². The van der Waals surface area contributed by atoms with E-state index in [1.54, 1.807) is 24.3 Å². The second-order valence-electron chi connectivity index (χ2n) is 4.36. The van der Waals surface area contributed by atoms with Crippen LogP contribution >= 0.6 is 0 Å². The summed E-state index contributed by atoms with van der Waals surface area (Å²) in [5, 5.41) is 11.1. The molecular weight excluding hydrogens is 272 g/mol. The molecule has 7 heteroatoms. The van der Waals surface area contributed by atoms with Gasteiger partial charge in [0.25, 0.3) is 0 Å². The molecule has 3 N–H and O–H groups in total. The number of rotatable bonds is 6. The van der Waals surface area contributed by atoms with Gasteiger partial charge in [0.2, 0.25) is 0 Å². The van der Waals surface area contributed by atoms with Gasteiger partial charge in [-0.25, -0.2) is 10.8 Å². The minimum atomic E-state index is -0.445. The Balaban J connectivity index is 2.17. The molecule has 7 nitrogen and oxygen atoms in total. The molecule has 0 saturated heterocycles. The smallest absolute Gasteiger partial charge is 0.311 e. The van der Waals surface area contributed by atoms with Crippen LogP contribution in [0.5, 0.6) is 5.75 Å². The van der Waals surface area contributed by atoms with Gasteiger partial charge in [-0.2, -0.15) is 0 Å². The summed E-state index contributed by atoms with van der Waals surface area (Å²) in [6, 6.07) is 10.2. The number of nitrogens with one attached hydrogen (secondary N) is 1. The number of aromatic nitrogens is 1. The SMILES string of the molecule is CCc1ccc(OCc2cccc(NN)n2)c([N+](=O)[O-])c1. The summed E-state index contributed by atoms with van der Waals surface area (Å²) in [6.45, 7) is 2.07. The Morgan fingerprint density at radius 3 is 2.86 bits per heavy atom. The molecule has 0 aliphatic heterocycles. The van der Waals surface area contributed by atoms with Gasteiger partial charge < -0.3 is 10.2 Å². The third kappa shape index (κ3) is 3.67. The normalized spacial score (nSPS) is 10.2. The van der Waals surface area contributed by atoms with Crippen molar-refractivity contribution in [3.63, 3.8) is 0 Å². The summed E-state index contributed by atoms with van der Waals surface area (Å²) >= 11 is 0. The lowest BCUT2D eigenvalue weighted by molar-refractivity contribution is -0.386. The molecule has 0 radical (unpaired) electrons. The molecule has 0 aliphatic carbocycles. The maximum absolute atomic E-state index is 11.1. The van der Waals surface area contributed by atoms with Gasteiger partial charge in [-0.15, -0.1) is 0 Å². The van der Waals surface area contributed by atoms with Gasteiger partial charge in [0.05, 0.1) is 10.6 Å². The van der Waals surface area contributed by atoms with Crippen molar-refractivity contribution in [2.75, 3.05) is 5.43 Å².